The number of benzene rings is 2. The largest absolute Gasteiger partial charge is 0.497 e. The summed E-state index contributed by atoms with van der Waals surface area (Å²) in [5.41, 5.74) is 14.4. The average Bonchev–Trinajstić information content (AvgIpc) is 3.20. The number of imidazole rings is 1. The molecule has 0 saturated carbocycles. The number of nitrogens with zero attached hydrogens (tertiary/aromatic N) is 3. The van der Waals surface area contributed by atoms with Gasteiger partial charge in [-0.15, -0.1) is 0 Å². The molecule has 0 aliphatic rings. The van der Waals surface area contributed by atoms with Crippen LogP contribution in [0.4, 0.5) is 23.0 Å². The first-order valence-electron chi connectivity index (χ1n) is 9.72. The van der Waals surface area contributed by atoms with Crippen molar-refractivity contribution in [1.29, 1.82) is 0 Å². The molecule has 0 unspecified atom stereocenters. The number of carbonyl (C=O) groups excluding carboxylic acids is 1. The van der Waals surface area contributed by atoms with E-state index in [2.05, 4.69) is 20.6 Å². The Bertz CT molecular complexity index is 1260. The van der Waals surface area contributed by atoms with Crippen molar-refractivity contribution in [2.75, 3.05) is 30.6 Å². The van der Waals surface area contributed by atoms with E-state index in [9.17, 15) is 4.79 Å². The van der Waals surface area contributed by atoms with E-state index in [0.717, 1.165) is 5.56 Å². The highest BCUT2D eigenvalue weighted by Crippen LogP contribution is 2.29. The van der Waals surface area contributed by atoms with Gasteiger partial charge >= 0.3 is 0 Å². The molecule has 0 spiro atoms. The number of ether oxygens (including phenoxy) is 2. The zero-order valence-electron chi connectivity index (χ0n) is 17.6. The highest BCUT2D eigenvalue weighted by molar-refractivity contribution is 6.04. The third-order valence-electron chi connectivity index (χ3n) is 4.79. The van der Waals surface area contributed by atoms with Crippen LogP contribution in [0.5, 0.6) is 11.5 Å². The summed E-state index contributed by atoms with van der Waals surface area (Å²) in [7, 11) is 3.11. The topological polar surface area (TPSA) is 142 Å². The Morgan fingerprint density at radius 1 is 1.12 bits per heavy atom. The minimum atomic E-state index is -0.659. The maximum Gasteiger partial charge on any atom is 0.256 e. The number of hydrogen-bond acceptors (Lipinski definition) is 8. The van der Waals surface area contributed by atoms with Crippen LogP contribution in [0, 0.1) is 0 Å². The molecule has 0 bridgehead atoms. The normalized spacial score (nSPS) is 10.7. The third kappa shape index (κ3) is 4.33. The van der Waals surface area contributed by atoms with Gasteiger partial charge in [0.2, 0.25) is 0 Å². The molecule has 0 aliphatic carbocycles. The zero-order chi connectivity index (χ0) is 22.7. The van der Waals surface area contributed by atoms with E-state index < -0.39 is 5.91 Å². The summed E-state index contributed by atoms with van der Waals surface area (Å²) in [5.74, 6) is 1.35. The van der Waals surface area contributed by atoms with Gasteiger partial charge in [-0.05, 0) is 17.7 Å². The minimum absolute atomic E-state index is 0.159. The van der Waals surface area contributed by atoms with Crippen LogP contribution in [0.3, 0.4) is 0 Å². The number of amides is 1. The summed E-state index contributed by atoms with van der Waals surface area (Å²) >= 11 is 0. The molecule has 2 aromatic carbocycles. The second kappa shape index (κ2) is 8.72. The van der Waals surface area contributed by atoms with Crippen LogP contribution in [0.2, 0.25) is 0 Å². The fourth-order valence-electron chi connectivity index (χ4n) is 3.28. The van der Waals surface area contributed by atoms with Gasteiger partial charge in [-0.1, -0.05) is 12.1 Å². The van der Waals surface area contributed by atoms with Crippen LogP contribution in [0.15, 0.2) is 55.0 Å². The molecule has 4 aromatic rings. The van der Waals surface area contributed by atoms with E-state index in [1.807, 2.05) is 24.3 Å². The maximum absolute atomic E-state index is 12.3. The molecule has 2 aromatic heterocycles. The fraction of sp³-hybridized carbons (Fsp3) is 0.136. The molecule has 4 rings (SSSR count). The Hall–Kier alpha value is -4.47. The van der Waals surface area contributed by atoms with Crippen molar-refractivity contribution in [3.63, 3.8) is 0 Å². The second-order valence-electron chi connectivity index (χ2n) is 7.01. The van der Waals surface area contributed by atoms with Crippen molar-refractivity contribution in [1.82, 2.24) is 14.4 Å². The summed E-state index contributed by atoms with van der Waals surface area (Å²) in [6, 6.07) is 12.8. The number of carbonyl (C=O) groups is 1. The number of aromatic nitrogens is 3. The highest BCUT2D eigenvalue weighted by atomic mass is 16.5. The molecule has 6 N–H and O–H groups in total. The molecule has 10 nitrogen and oxygen atoms in total. The maximum atomic E-state index is 12.3. The standard InChI is InChI=1S/C22H23N7O3/c1-31-16-7-15(8-17(9-16)32-2)27-21-19(20(24)30)22-28-18(11-29(22)12-26-21)25-10-13-4-3-5-14(23)6-13/h3-9,11-12,25,27H,10,23H2,1-2H3,(H2,24,30). The van der Waals surface area contributed by atoms with Crippen LogP contribution in [0.1, 0.15) is 15.9 Å². The lowest BCUT2D eigenvalue weighted by Crippen LogP contribution is -2.16. The number of nitrogens with two attached hydrogens (primary N) is 2. The van der Waals surface area contributed by atoms with E-state index in [0.29, 0.717) is 40.9 Å². The lowest BCUT2D eigenvalue weighted by Gasteiger charge is -2.12. The van der Waals surface area contributed by atoms with E-state index >= 15 is 0 Å². The van der Waals surface area contributed by atoms with Crippen molar-refractivity contribution in [2.24, 2.45) is 5.73 Å². The summed E-state index contributed by atoms with van der Waals surface area (Å²) in [4.78, 5) is 21.2. The highest BCUT2D eigenvalue weighted by Gasteiger charge is 2.18. The Morgan fingerprint density at radius 3 is 2.53 bits per heavy atom. The molecule has 2 heterocycles. The number of hydrogen-bond donors (Lipinski definition) is 4. The molecular formula is C22H23N7O3. The summed E-state index contributed by atoms with van der Waals surface area (Å²) in [6.45, 7) is 0.517. The number of rotatable bonds is 8. The molecular weight excluding hydrogens is 410 g/mol. The summed E-state index contributed by atoms with van der Waals surface area (Å²) < 4.78 is 12.2. The predicted molar refractivity (Wildman–Crippen MR) is 123 cm³/mol. The lowest BCUT2D eigenvalue weighted by molar-refractivity contribution is 0.100. The van der Waals surface area contributed by atoms with E-state index in [-0.39, 0.29) is 11.4 Å². The van der Waals surface area contributed by atoms with Crippen molar-refractivity contribution in [2.45, 2.75) is 6.54 Å². The number of fused-ring (bicyclic) bond motifs is 1. The van der Waals surface area contributed by atoms with Crippen LogP contribution in [-0.2, 0) is 6.54 Å². The first-order valence-corrected chi connectivity index (χ1v) is 9.72. The molecule has 10 heteroatoms. The molecule has 0 radical (unpaired) electrons. The lowest BCUT2D eigenvalue weighted by atomic mass is 10.2. The molecule has 0 atom stereocenters. The first-order chi connectivity index (χ1) is 15.5. The molecule has 0 saturated heterocycles. The molecule has 32 heavy (non-hydrogen) atoms. The number of primary amides is 1. The van der Waals surface area contributed by atoms with Gasteiger partial charge in [0.15, 0.2) is 5.65 Å². The van der Waals surface area contributed by atoms with E-state index in [1.54, 1.807) is 49.3 Å². The summed E-state index contributed by atoms with van der Waals surface area (Å²) in [5, 5.41) is 6.33. The van der Waals surface area contributed by atoms with Gasteiger partial charge in [-0.25, -0.2) is 9.97 Å². The van der Waals surface area contributed by atoms with Gasteiger partial charge in [-0.3, -0.25) is 9.20 Å². The molecule has 0 aliphatic heterocycles. The number of anilines is 4. The van der Waals surface area contributed by atoms with E-state index in [1.165, 1.54) is 0 Å². The van der Waals surface area contributed by atoms with Gasteiger partial charge in [0.1, 0.15) is 35.0 Å². The van der Waals surface area contributed by atoms with Crippen molar-refractivity contribution < 1.29 is 14.3 Å². The van der Waals surface area contributed by atoms with Crippen molar-refractivity contribution in [3.8, 4) is 11.5 Å². The van der Waals surface area contributed by atoms with Crippen LogP contribution in [-0.4, -0.2) is 34.5 Å². The van der Waals surface area contributed by atoms with E-state index in [4.69, 9.17) is 20.9 Å². The average molecular weight is 433 g/mol. The van der Waals surface area contributed by atoms with Crippen LogP contribution >= 0.6 is 0 Å². The fourth-order valence-corrected chi connectivity index (χ4v) is 3.28. The Kier molecular flexibility index (Phi) is 5.67. The van der Waals surface area contributed by atoms with Crippen molar-refractivity contribution >= 4 is 34.6 Å². The van der Waals surface area contributed by atoms with Crippen LogP contribution < -0.4 is 31.6 Å². The van der Waals surface area contributed by atoms with Gasteiger partial charge in [0, 0.05) is 36.1 Å². The van der Waals surface area contributed by atoms with Crippen molar-refractivity contribution in [3.05, 3.63) is 66.1 Å². The first kappa shape index (κ1) is 20.8. The SMILES string of the molecule is COc1cc(Nc2ncn3cc(NCc4cccc(N)c4)nc3c2C(N)=O)cc(OC)c1. The number of nitrogen functional groups attached to an aromatic ring is 1. The number of nitrogens with one attached hydrogen (secondary N) is 2. The number of methoxy groups -OCH3 is 2. The summed E-state index contributed by atoms with van der Waals surface area (Å²) in [6.07, 6.45) is 3.29. The van der Waals surface area contributed by atoms with Gasteiger partial charge < -0.3 is 31.6 Å². The smallest absolute Gasteiger partial charge is 0.256 e. The minimum Gasteiger partial charge on any atom is -0.497 e. The van der Waals surface area contributed by atoms with Gasteiger partial charge in [-0.2, -0.15) is 0 Å². The quantitative estimate of drug-likeness (QED) is 0.311. The van der Waals surface area contributed by atoms with Gasteiger partial charge in [0.05, 0.1) is 20.4 Å². The Morgan fingerprint density at radius 2 is 1.88 bits per heavy atom. The predicted octanol–water partition coefficient (Wildman–Crippen LogP) is 2.78. The second-order valence-corrected chi connectivity index (χ2v) is 7.01. The third-order valence-corrected chi connectivity index (χ3v) is 4.79. The molecule has 1 amide bonds. The Labute approximate surface area is 184 Å². The molecule has 164 valence electrons. The zero-order valence-corrected chi connectivity index (χ0v) is 17.6. The van der Waals surface area contributed by atoms with Crippen LogP contribution in [0.25, 0.3) is 5.65 Å². The molecule has 0 fully saturated rings. The monoisotopic (exact) mass is 433 g/mol. The Balaban J connectivity index is 1.66. The van der Waals surface area contributed by atoms with Gasteiger partial charge in [0.25, 0.3) is 5.91 Å².